The molecule has 0 aromatic carbocycles. The quantitative estimate of drug-likeness (QED) is 0.629. The van der Waals surface area contributed by atoms with Crippen LogP contribution in [0.2, 0.25) is 0 Å². The number of anilines is 1. The molecule has 0 saturated heterocycles. The van der Waals surface area contributed by atoms with E-state index >= 15 is 0 Å². The Morgan fingerprint density at radius 3 is 2.81 bits per heavy atom. The summed E-state index contributed by atoms with van der Waals surface area (Å²) in [6.07, 6.45) is 2.93. The van der Waals surface area contributed by atoms with Crippen molar-refractivity contribution >= 4 is 17.4 Å². The molecule has 0 aliphatic heterocycles. The predicted octanol–water partition coefficient (Wildman–Crippen LogP) is 2.34. The minimum atomic E-state index is -0.507. The Kier molecular flexibility index (Phi) is 4.36. The first-order chi connectivity index (χ1) is 10.0. The van der Waals surface area contributed by atoms with Gasteiger partial charge in [0.05, 0.1) is 11.1 Å². The van der Waals surface area contributed by atoms with E-state index in [0.717, 1.165) is 18.5 Å². The van der Waals surface area contributed by atoms with Gasteiger partial charge in [-0.25, -0.2) is 0 Å². The lowest BCUT2D eigenvalue weighted by atomic mass is 10.3. The summed E-state index contributed by atoms with van der Waals surface area (Å²) in [5, 5.41) is 20.2. The van der Waals surface area contributed by atoms with Crippen LogP contribution in [0.1, 0.15) is 36.5 Å². The van der Waals surface area contributed by atoms with Crippen LogP contribution in [0.5, 0.6) is 0 Å². The second-order valence-corrected chi connectivity index (χ2v) is 4.62. The van der Waals surface area contributed by atoms with Crippen LogP contribution in [0, 0.1) is 10.1 Å². The molecule has 0 aliphatic rings. The third-order valence-corrected chi connectivity index (χ3v) is 3.04. The summed E-state index contributed by atoms with van der Waals surface area (Å²) in [6, 6.07) is 3.01. The lowest BCUT2D eigenvalue weighted by Gasteiger charge is -2.06. The molecule has 0 aliphatic carbocycles. The maximum atomic E-state index is 12.2. The first-order valence-corrected chi connectivity index (χ1v) is 6.75. The summed E-state index contributed by atoms with van der Waals surface area (Å²) in [6.45, 7) is 4.45. The highest BCUT2D eigenvalue weighted by atomic mass is 16.6. The number of aryl methyl sites for hydroxylation is 2. The number of aromatic amines is 1. The van der Waals surface area contributed by atoms with Crippen LogP contribution in [-0.2, 0) is 13.0 Å². The molecule has 0 radical (unpaired) electrons. The summed E-state index contributed by atoms with van der Waals surface area (Å²) in [5.41, 5.74) is 1.06. The lowest BCUT2D eigenvalue weighted by Crippen LogP contribution is -2.17. The van der Waals surface area contributed by atoms with Gasteiger partial charge in [0.25, 0.3) is 11.6 Å². The SMILES string of the molecule is CCCn1cc([N+](=O)[O-])cc1C(=O)Nc1cc(CC)[nH]n1. The molecule has 0 bridgehead atoms. The zero-order valence-corrected chi connectivity index (χ0v) is 11.9. The van der Waals surface area contributed by atoms with Crippen molar-refractivity contribution < 1.29 is 9.72 Å². The summed E-state index contributed by atoms with van der Waals surface area (Å²) in [4.78, 5) is 22.6. The van der Waals surface area contributed by atoms with Crippen molar-refractivity contribution in [2.45, 2.75) is 33.2 Å². The van der Waals surface area contributed by atoms with Gasteiger partial charge in [-0.3, -0.25) is 20.0 Å². The molecule has 2 aromatic rings. The van der Waals surface area contributed by atoms with Gasteiger partial charge >= 0.3 is 0 Å². The summed E-state index contributed by atoms with van der Waals surface area (Å²) >= 11 is 0. The predicted molar refractivity (Wildman–Crippen MR) is 77.3 cm³/mol. The van der Waals surface area contributed by atoms with Gasteiger partial charge in [-0.1, -0.05) is 13.8 Å². The van der Waals surface area contributed by atoms with E-state index in [-0.39, 0.29) is 11.4 Å². The van der Waals surface area contributed by atoms with Crippen LogP contribution in [0.15, 0.2) is 18.3 Å². The molecule has 1 amide bonds. The monoisotopic (exact) mass is 291 g/mol. The molecule has 21 heavy (non-hydrogen) atoms. The van der Waals surface area contributed by atoms with Crippen molar-refractivity contribution in [2.24, 2.45) is 0 Å². The molecule has 0 unspecified atom stereocenters. The molecule has 2 N–H and O–H groups in total. The number of H-pyrrole nitrogens is 1. The molecular formula is C13H17N5O3. The fourth-order valence-electron chi connectivity index (χ4n) is 2.00. The fourth-order valence-corrected chi connectivity index (χ4v) is 2.00. The van der Waals surface area contributed by atoms with Crippen molar-refractivity contribution in [2.75, 3.05) is 5.32 Å². The smallest absolute Gasteiger partial charge is 0.287 e. The van der Waals surface area contributed by atoms with E-state index in [0.29, 0.717) is 12.4 Å². The van der Waals surface area contributed by atoms with Crippen LogP contribution in [0.25, 0.3) is 0 Å². The van der Waals surface area contributed by atoms with Gasteiger partial charge in [0, 0.05) is 24.4 Å². The van der Waals surface area contributed by atoms with Crippen LogP contribution in [0.4, 0.5) is 11.5 Å². The number of nitrogens with one attached hydrogen (secondary N) is 2. The molecule has 2 aromatic heterocycles. The fraction of sp³-hybridized carbons (Fsp3) is 0.385. The molecule has 8 nitrogen and oxygen atoms in total. The van der Waals surface area contributed by atoms with E-state index < -0.39 is 10.8 Å². The van der Waals surface area contributed by atoms with Crippen LogP contribution >= 0.6 is 0 Å². The van der Waals surface area contributed by atoms with Crippen LogP contribution in [-0.4, -0.2) is 25.6 Å². The van der Waals surface area contributed by atoms with Gasteiger partial charge in [0.15, 0.2) is 5.82 Å². The van der Waals surface area contributed by atoms with Gasteiger partial charge in [0.1, 0.15) is 5.69 Å². The minimum absolute atomic E-state index is 0.0927. The maximum Gasteiger partial charge on any atom is 0.287 e. The van der Waals surface area contributed by atoms with Gasteiger partial charge in [-0.2, -0.15) is 5.10 Å². The van der Waals surface area contributed by atoms with E-state index in [2.05, 4.69) is 15.5 Å². The number of hydrogen-bond donors (Lipinski definition) is 2. The number of hydrogen-bond acceptors (Lipinski definition) is 4. The molecule has 8 heteroatoms. The number of nitrogens with zero attached hydrogens (tertiary/aromatic N) is 3. The Balaban J connectivity index is 2.22. The highest BCUT2D eigenvalue weighted by molar-refractivity contribution is 6.03. The zero-order valence-electron chi connectivity index (χ0n) is 11.9. The Hall–Kier alpha value is -2.64. The summed E-state index contributed by atoms with van der Waals surface area (Å²) in [5.74, 6) is -0.00513. The average molecular weight is 291 g/mol. The Labute approximate surface area is 121 Å². The summed E-state index contributed by atoms with van der Waals surface area (Å²) < 4.78 is 1.58. The van der Waals surface area contributed by atoms with Gasteiger partial charge in [0.2, 0.25) is 0 Å². The molecule has 0 spiro atoms. The zero-order chi connectivity index (χ0) is 15.4. The third-order valence-electron chi connectivity index (χ3n) is 3.04. The lowest BCUT2D eigenvalue weighted by molar-refractivity contribution is -0.384. The number of carbonyl (C=O) groups excluding carboxylic acids is 1. The average Bonchev–Trinajstić information content (AvgIpc) is 3.05. The molecule has 2 rings (SSSR count). The second-order valence-electron chi connectivity index (χ2n) is 4.62. The van der Waals surface area contributed by atoms with Crippen molar-refractivity contribution in [3.63, 3.8) is 0 Å². The van der Waals surface area contributed by atoms with Gasteiger partial charge < -0.3 is 9.88 Å². The molecule has 0 saturated carbocycles. The Bertz CT molecular complexity index is 659. The van der Waals surface area contributed by atoms with Crippen LogP contribution < -0.4 is 5.32 Å². The van der Waals surface area contributed by atoms with Crippen molar-refractivity contribution in [1.29, 1.82) is 0 Å². The summed E-state index contributed by atoms with van der Waals surface area (Å²) in [7, 11) is 0. The highest BCUT2D eigenvalue weighted by Gasteiger charge is 2.19. The number of amides is 1. The van der Waals surface area contributed by atoms with E-state index in [1.807, 2.05) is 13.8 Å². The largest absolute Gasteiger partial charge is 0.337 e. The molecular weight excluding hydrogens is 274 g/mol. The Morgan fingerprint density at radius 1 is 1.48 bits per heavy atom. The van der Waals surface area contributed by atoms with E-state index in [9.17, 15) is 14.9 Å². The molecule has 112 valence electrons. The van der Waals surface area contributed by atoms with Gasteiger partial charge in [-0.05, 0) is 12.8 Å². The third kappa shape index (κ3) is 3.28. The Morgan fingerprint density at radius 2 is 2.24 bits per heavy atom. The molecule has 2 heterocycles. The second kappa shape index (κ2) is 6.21. The number of aromatic nitrogens is 3. The van der Waals surface area contributed by atoms with E-state index in [1.54, 1.807) is 10.6 Å². The van der Waals surface area contributed by atoms with E-state index in [4.69, 9.17) is 0 Å². The number of rotatable bonds is 6. The number of nitro groups is 1. The van der Waals surface area contributed by atoms with Gasteiger partial charge in [-0.15, -0.1) is 0 Å². The minimum Gasteiger partial charge on any atom is -0.337 e. The molecule has 0 fully saturated rings. The van der Waals surface area contributed by atoms with Crippen molar-refractivity contribution in [3.8, 4) is 0 Å². The van der Waals surface area contributed by atoms with E-state index in [1.165, 1.54) is 12.3 Å². The maximum absolute atomic E-state index is 12.2. The standard InChI is InChI=1S/C13H17N5O3/c1-3-5-17-8-10(18(20)21)7-11(17)13(19)14-12-6-9(4-2)15-16-12/h6-8H,3-5H2,1-2H3,(H2,14,15,16,19). The van der Waals surface area contributed by atoms with Crippen molar-refractivity contribution in [1.82, 2.24) is 14.8 Å². The highest BCUT2D eigenvalue weighted by Crippen LogP contribution is 2.18. The normalized spacial score (nSPS) is 10.6. The molecule has 0 atom stereocenters. The first kappa shape index (κ1) is 14.8. The van der Waals surface area contributed by atoms with Crippen molar-refractivity contribution in [3.05, 3.63) is 39.8 Å². The van der Waals surface area contributed by atoms with Crippen LogP contribution in [0.3, 0.4) is 0 Å². The topological polar surface area (TPSA) is 106 Å². The number of carbonyl (C=O) groups is 1. The first-order valence-electron chi connectivity index (χ1n) is 6.75.